The van der Waals surface area contributed by atoms with Gasteiger partial charge in [0.15, 0.2) is 0 Å². The molecule has 0 aromatic carbocycles. The van der Waals surface area contributed by atoms with E-state index in [1.165, 1.54) is 18.5 Å². The van der Waals surface area contributed by atoms with Gasteiger partial charge in [0.1, 0.15) is 0 Å². The maximum absolute atomic E-state index is 13.1. The van der Waals surface area contributed by atoms with Crippen molar-refractivity contribution in [3.05, 3.63) is 17.5 Å². The lowest BCUT2D eigenvalue weighted by Gasteiger charge is -2.32. The Morgan fingerprint density at radius 3 is 2.83 bits per heavy atom. The summed E-state index contributed by atoms with van der Waals surface area (Å²) in [5.41, 5.74) is 2.00. The largest absolute Gasteiger partial charge is 0.376 e. The van der Waals surface area contributed by atoms with E-state index in [0.29, 0.717) is 12.0 Å². The van der Waals surface area contributed by atoms with Crippen LogP contribution in [0.25, 0.3) is 0 Å². The number of hydrogen-bond donors (Lipinski definition) is 0. The molecule has 1 amide bonds. The van der Waals surface area contributed by atoms with Crippen molar-refractivity contribution >= 4 is 5.91 Å². The second kappa shape index (κ2) is 7.68. The Balaban J connectivity index is 1.76. The van der Waals surface area contributed by atoms with Gasteiger partial charge in [-0.25, -0.2) is 0 Å². The van der Waals surface area contributed by atoms with E-state index >= 15 is 0 Å². The first-order valence-corrected chi connectivity index (χ1v) is 9.63. The molecule has 5 heteroatoms. The van der Waals surface area contributed by atoms with Crippen LogP contribution in [0.5, 0.6) is 0 Å². The molecule has 1 aromatic rings. The molecule has 2 heterocycles. The highest BCUT2D eigenvalue weighted by Crippen LogP contribution is 2.43. The predicted octanol–water partition coefficient (Wildman–Crippen LogP) is 3.76. The zero-order valence-electron chi connectivity index (χ0n) is 15.3. The number of carbonyl (C=O) groups excluding carboxylic acids is 1. The number of likely N-dealkylation sites (tertiary alicyclic amines) is 1. The highest BCUT2D eigenvalue weighted by molar-refractivity contribution is 5.95. The van der Waals surface area contributed by atoms with Gasteiger partial charge in [0, 0.05) is 31.7 Å². The molecule has 1 aliphatic heterocycles. The highest BCUT2D eigenvalue weighted by Gasteiger charge is 2.35. The standard InChI is InChI=1S/C19H31N3O2/c1-4-11-24-16-7-6-10-21(13-16)19(23)17-12-20-22(14(3)5-2)18(17)15-8-9-15/h12,14-16H,4-11,13H2,1-3H3/t14-,16+/m0/s1. The summed E-state index contributed by atoms with van der Waals surface area (Å²) in [6.07, 6.45) is 8.51. The second-order valence-electron chi connectivity index (χ2n) is 7.31. The van der Waals surface area contributed by atoms with Gasteiger partial charge in [0.2, 0.25) is 0 Å². The summed E-state index contributed by atoms with van der Waals surface area (Å²) in [7, 11) is 0. The molecule has 0 N–H and O–H groups in total. The van der Waals surface area contributed by atoms with Crippen LogP contribution in [0.3, 0.4) is 0 Å². The van der Waals surface area contributed by atoms with E-state index < -0.39 is 0 Å². The molecule has 134 valence electrons. The van der Waals surface area contributed by atoms with E-state index in [-0.39, 0.29) is 12.0 Å². The lowest BCUT2D eigenvalue weighted by Crippen LogP contribution is -2.43. The third-order valence-electron chi connectivity index (χ3n) is 5.26. The number of nitrogens with zero attached hydrogens (tertiary/aromatic N) is 3. The molecule has 0 spiro atoms. The van der Waals surface area contributed by atoms with Crippen molar-refractivity contribution in [2.75, 3.05) is 19.7 Å². The smallest absolute Gasteiger partial charge is 0.257 e. The average molecular weight is 333 g/mol. The van der Waals surface area contributed by atoms with Gasteiger partial charge in [-0.3, -0.25) is 9.48 Å². The molecule has 3 rings (SSSR count). The third kappa shape index (κ3) is 3.66. The van der Waals surface area contributed by atoms with Crippen molar-refractivity contribution in [1.29, 1.82) is 0 Å². The predicted molar refractivity (Wildman–Crippen MR) is 94.4 cm³/mol. The molecule has 5 nitrogen and oxygen atoms in total. The summed E-state index contributed by atoms with van der Waals surface area (Å²) in [5.74, 6) is 0.675. The molecular weight excluding hydrogens is 302 g/mol. The quantitative estimate of drug-likeness (QED) is 0.763. The Labute approximate surface area is 145 Å². The Bertz CT molecular complexity index is 565. The van der Waals surface area contributed by atoms with Crippen LogP contribution in [-0.4, -0.2) is 46.4 Å². The number of ether oxygens (including phenoxy) is 1. The zero-order valence-corrected chi connectivity index (χ0v) is 15.3. The average Bonchev–Trinajstić information content (AvgIpc) is 3.37. The number of rotatable bonds is 7. The van der Waals surface area contributed by atoms with Gasteiger partial charge in [-0.2, -0.15) is 5.10 Å². The minimum absolute atomic E-state index is 0.149. The zero-order chi connectivity index (χ0) is 17.1. The van der Waals surface area contributed by atoms with Crippen LogP contribution >= 0.6 is 0 Å². The number of piperidine rings is 1. The van der Waals surface area contributed by atoms with Gasteiger partial charge in [-0.15, -0.1) is 0 Å². The maximum atomic E-state index is 13.1. The molecule has 24 heavy (non-hydrogen) atoms. The molecule has 2 aliphatic rings. The Kier molecular flexibility index (Phi) is 5.59. The second-order valence-corrected chi connectivity index (χ2v) is 7.31. The lowest BCUT2D eigenvalue weighted by molar-refractivity contribution is 0.00206. The van der Waals surface area contributed by atoms with E-state index in [4.69, 9.17) is 4.74 Å². The van der Waals surface area contributed by atoms with Crippen LogP contribution in [0, 0.1) is 0 Å². The van der Waals surface area contributed by atoms with E-state index in [1.54, 1.807) is 6.20 Å². The SMILES string of the molecule is CCCO[C@@H]1CCCN(C(=O)c2cnn([C@@H](C)CC)c2C2CC2)C1. The molecule has 0 unspecified atom stereocenters. The molecule has 1 saturated heterocycles. The van der Waals surface area contributed by atoms with Gasteiger partial charge in [0.25, 0.3) is 5.91 Å². The topological polar surface area (TPSA) is 47.4 Å². The van der Waals surface area contributed by atoms with Crippen LogP contribution in [0.2, 0.25) is 0 Å². The van der Waals surface area contributed by atoms with E-state index in [9.17, 15) is 4.79 Å². The summed E-state index contributed by atoms with van der Waals surface area (Å²) in [5, 5.41) is 4.57. The minimum Gasteiger partial charge on any atom is -0.376 e. The van der Waals surface area contributed by atoms with Crippen LogP contribution in [-0.2, 0) is 4.74 Å². The van der Waals surface area contributed by atoms with Gasteiger partial charge in [-0.1, -0.05) is 13.8 Å². The third-order valence-corrected chi connectivity index (χ3v) is 5.26. The highest BCUT2D eigenvalue weighted by atomic mass is 16.5. The van der Waals surface area contributed by atoms with Gasteiger partial charge in [0.05, 0.1) is 23.6 Å². The Hall–Kier alpha value is -1.36. The molecule has 2 atom stereocenters. The summed E-state index contributed by atoms with van der Waals surface area (Å²) < 4.78 is 7.98. The lowest BCUT2D eigenvalue weighted by atomic mass is 10.1. The molecule has 1 aliphatic carbocycles. The summed E-state index contributed by atoms with van der Waals surface area (Å²) in [6, 6.07) is 0.351. The Morgan fingerprint density at radius 2 is 2.17 bits per heavy atom. The van der Waals surface area contributed by atoms with Gasteiger partial charge in [-0.05, 0) is 45.4 Å². The first-order chi connectivity index (χ1) is 11.7. The van der Waals surface area contributed by atoms with Crippen molar-refractivity contribution < 1.29 is 9.53 Å². The van der Waals surface area contributed by atoms with E-state index in [1.807, 2.05) is 4.90 Å². The molecular formula is C19H31N3O2. The fourth-order valence-electron chi connectivity index (χ4n) is 3.54. The van der Waals surface area contributed by atoms with Crippen molar-refractivity contribution in [3.8, 4) is 0 Å². The maximum Gasteiger partial charge on any atom is 0.257 e. The van der Waals surface area contributed by atoms with Crippen molar-refractivity contribution in [2.45, 2.75) is 77.4 Å². The van der Waals surface area contributed by atoms with Crippen molar-refractivity contribution in [2.24, 2.45) is 0 Å². The molecule has 0 bridgehead atoms. The van der Waals surface area contributed by atoms with E-state index in [2.05, 4.69) is 30.6 Å². The van der Waals surface area contributed by atoms with Crippen LogP contribution in [0.4, 0.5) is 0 Å². The van der Waals surface area contributed by atoms with Crippen LogP contribution in [0.15, 0.2) is 6.20 Å². The Morgan fingerprint density at radius 1 is 1.38 bits per heavy atom. The molecule has 1 aromatic heterocycles. The fraction of sp³-hybridized carbons (Fsp3) is 0.789. The normalized spacial score (nSPS) is 22.6. The van der Waals surface area contributed by atoms with Crippen LogP contribution < -0.4 is 0 Å². The number of amides is 1. The first-order valence-electron chi connectivity index (χ1n) is 9.63. The molecule has 1 saturated carbocycles. The number of hydrogen-bond acceptors (Lipinski definition) is 3. The fourth-order valence-corrected chi connectivity index (χ4v) is 3.54. The monoisotopic (exact) mass is 333 g/mol. The summed E-state index contributed by atoms with van der Waals surface area (Å²) in [4.78, 5) is 15.1. The molecule has 2 fully saturated rings. The van der Waals surface area contributed by atoms with Crippen LogP contribution in [0.1, 0.15) is 87.3 Å². The van der Waals surface area contributed by atoms with Gasteiger partial charge < -0.3 is 9.64 Å². The van der Waals surface area contributed by atoms with Crippen molar-refractivity contribution in [3.63, 3.8) is 0 Å². The molecule has 0 radical (unpaired) electrons. The summed E-state index contributed by atoms with van der Waals surface area (Å²) >= 11 is 0. The van der Waals surface area contributed by atoms with Gasteiger partial charge >= 0.3 is 0 Å². The first kappa shape index (κ1) is 17.5. The van der Waals surface area contributed by atoms with E-state index in [0.717, 1.165) is 50.9 Å². The number of aromatic nitrogens is 2. The van der Waals surface area contributed by atoms with Crippen molar-refractivity contribution in [1.82, 2.24) is 14.7 Å². The minimum atomic E-state index is 0.149. The number of carbonyl (C=O) groups is 1. The summed E-state index contributed by atoms with van der Waals surface area (Å²) in [6.45, 7) is 8.82.